The molecule has 1 amide bonds. The van der Waals surface area contributed by atoms with Crippen LogP contribution in [0.15, 0.2) is 30.3 Å². The maximum absolute atomic E-state index is 13.8. The first kappa shape index (κ1) is 23.3. The van der Waals surface area contributed by atoms with Crippen molar-refractivity contribution in [2.45, 2.75) is 13.5 Å². The monoisotopic (exact) mass is 439 g/mol. The van der Waals surface area contributed by atoms with Crippen LogP contribution in [0.25, 0.3) is 0 Å². The third-order valence-electron chi connectivity index (χ3n) is 4.14. The standard InChI is InChI=1S/C21H23ClFNO6/c1-5-29-20-15(22)9-14(10-18(20)28-4)21(26)30-12-19(25)24(2)11-13-6-7-17(27-3)16(23)8-13/h6-10H,5,11-12H2,1-4H3. The number of ether oxygens (including phenoxy) is 4. The normalized spacial score (nSPS) is 10.3. The molecule has 0 N–H and O–H groups in total. The van der Waals surface area contributed by atoms with Crippen LogP contribution < -0.4 is 14.2 Å². The molecule has 0 saturated carbocycles. The predicted octanol–water partition coefficient (Wildman–Crippen LogP) is 3.71. The zero-order valence-electron chi connectivity index (χ0n) is 17.2. The zero-order chi connectivity index (χ0) is 22.3. The van der Waals surface area contributed by atoms with Gasteiger partial charge in [-0.3, -0.25) is 4.79 Å². The number of rotatable bonds is 9. The van der Waals surface area contributed by atoms with E-state index in [1.165, 1.54) is 50.4 Å². The van der Waals surface area contributed by atoms with E-state index >= 15 is 0 Å². The second kappa shape index (κ2) is 10.7. The van der Waals surface area contributed by atoms with Crippen LogP contribution in [0.5, 0.6) is 17.2 Å². The number of carbonyl (C=O) groups excluding carboxylic acids is 2. The summed E-state index contributed by atoms with van der Waals surface area (Å²) in [5.41, 5.74) is 0.687. The molecule has 9 heteroatoms. The van der Waals surface area contributed by atoms with Crippen LogP contribution in [-0.2, 0) is 16.1 Å². The first-order chi connectivity index (χ1) is 14.3. The molecule has 0 aromatic heterocycles. The van der Waals surface area contributed by atoms with Crippen molar-refractivity contribution < 1.29 is 32.9 Å². The summed E-state index contributed by atoms with van der Waals surface area (Å²) >= 11 is 6.15. The fourth-order valence-electron chi connectivity index (χ4n) is 2.61. The van der Waals surface area contributed by atoms with Crippen molar-refractivity contribution in [3.63, 3.8) is 0 Å². The summed E-state index contributed by atoms with van der Waals surface area (Å²) < 4.78 is 34.3. The Morgan fingerprint density at radius 3 is 2.40 bits per heavy atom. The van der Waals surface area contributed by atoms with Crippen LogP contribution >= 0.6 is 11.6 Å². The minimum absolute atomic E-state index is 0.117. The van der Waals surface area contributed by atoms with E-state index in [1.807, 2.05) is 0 Å². The van der Waals surface area contributed by atoms with Gasteiger partial charge in [-0.2, -0.15) is 0 Å². The summed E-state index contributed by atoms with van der Waals surface area (Å²) in [6, 6.07) is 7.21. The Bertz CT molecular complexity index is 921. The van der Waals surface area contributed by atoms with Gasteiger partial charge in [-0.15, -0.1) is 0 Å². The highest BCUT2D eigenvalue weighted by atomic mass is 35.5. The molecule has 0 bridgehead atoms. The average molecular weight is 440 g/mol. The Balaban J connectivity index is 1.99. The minimum Gasteiger partial charge on any atom is -0.494 e. The van der Waals surface area contributed by atoms with E-state index in [4.69, 9.17) is 30.5 Å². The van der Waals surface area contributed by atoms with Crippen LogP contribution in [-0.4, -0.2) is 51.3 Å². The highest BCUT2D eigenvalue weighted by Crippen LogP contribution is 2.36. The number of halogens is 2. The number of nitrogens with zero attached hydrogens (tertiary/aromatic N) is 1. The van der Waals surface area contributed by atoms with Gasteiger partial charge in [0.2, 0.25) is 0 Å². The van der Waals surface area contributed by atoms with Gasteiger partial charge < -0.3 is 23.8 Å². The van der Waals surface area contributed by atoms with Crippen molar-refractivity contribution in [1.29, 1.82) is 0 Å². The first-order valence-corrected chi connectivity index (χ1v) is 9.42. The second-order valence-corrected chi connectivity index (χ2v) is 6.62. The van der Waals surface area contributed by atoms with E-state index in [2.05, 4.69) is 0 Å². The van der Waals surface area contributed by atoms with Crippen LogP contribution in [0, 0.1) is 5.82 Å². The largest absolute Gasteiger partial charge is 0.494 e. The number of hydrogen-bond donors (Lipinski definition) is 0. The van der Waals surface area contributed by atoms with Gasteiger partial charge in [0.25, 0.3) is 5.91 Å². The van der Waals surface area contributed by atoms with Gasteiger partial charge in [-0.05, 0) is 36.8 Å². The van der Waals surface area contributed by atoms with Gasteiger partial charge in [0.15, 0.2) is 29.7 Å². The molecule has 0 unspecified atom stereocenters. The maximum atomic E-state index is 13.8. The molecule has 2 aromatic rings. The summed E-state index contributed by atoms with van der Waals surface area (Å²) in [6.45, 7) is 1.82. The predicted molar refractivity (Wildman–Crippen MR) is 109 cm³/mol. The Morgan fingerprint density at radius 2 is 1.80 bits per heavy atom. The van der Waals surface area contributed by atoms with Gasteiger partial charge >= 0.3 is 5.97 Å². The summed E-state index contributed by atoms with van der Waals surface area (Å²) in [7, 11) is 4.31. The van der Waals surface area contributed by atoms with Crippen molar-refractivity contribution in [1.82, 2.24) is 4.90 Å². The third-order valence-corrected chi connectivity index (χ3v) is 4.42. The number of methoxy groups -OCH3 is 2. The molecule has 7 nitrogen and oxygen atoms in total. The molecule has 0 aliphatic heterocycles. The molecule has 0 fully saturated rings. The van der Waals surface area contributed by atoms with Crippen molar-refractivity contribution in [2.75, 3.05) is 34.5 Å². The molecule has 0 saturated heterocycles. The van der Waals surface area contributed by atoms with Gasteiger partial charge in [0.1, 0.15) is 0 Å². The number of carbonyl (C=O) groups is 2. The van der Waals surface area contributed by atoms with E-state index in [1.54, 1.807) is 13.0 Å². The Morgan fingerprint density at radius 1 is 1.10 bits per heavy atom. The Kier molecular flexibility index (Phi) is 8.29. The summed E-state index contributed by atoms with van der Waals surface area (Å²) in [5.74, 6) is -1.00. The highest BCUT2D eigenvalue weighted by molar-refractivity contribution is 6.32. The number of hydrogen-bond acceptors (Lipinski definition) is 6. The third kappa shape index (κ3) is 5.76. The Labute approximate surface area is 179 Å². The van der Waals surface area contributed by atoms with E-state index in [0.29, 0.717) is 17.9 Å². The molecule has 2 aromatic carbocycles. The number of esters is 1. The van der Waals surface area contributed by atoms with Crippen LogP contribution in [0.2, 0.25) is 5.02 Å². The van der Waals surface area contributed by atoms with E-state index in [-0.39, 0.29) is 28.6 Å². The molecule has 30 heavy (non-hydrogen) atoms. The fourth-order valence-corrected chi connectivity index (χ4v) is 2.88. The molecule has 162 valence electrons. The number of amides is 1. The molecular weight excluding hydrogens is 417 g/mol. The minimum atomic E-state index is -0.740. The van der Waals surface area contributed by atoms with Gasteiger partial charge in [0, 0.05) is 13.6 Å². The summed E-state index contributed by atoms with van der Waals surface area (Å²) in [4.78, 5) is 25.9. The lowest BCUT2D eigenvalue weighted by atomic mass is 10.2. The molecule has 0 radical (unpaired) electrons. The fraction of sp³-hybridized carbons (Fsp3) is 0.333. The number of benzene rings is 2. The molecule has 0 atom stereocenters. The van der Waals surface area contributed by atoms with Gasteiger partial charge in [-0.1, -0.05) is 17.7 Å². The lowest BCUT2D eigenvalue weighted by Crippen LogP contribution is -2.30. The van der Waals surface area contributed by atoms with Gasteiger partial charge in [-0.25, -0.2) is 9.18 Å². The highest BCUT2D eigenvalue weighted by Gasteiger charge is 2.19. The second-order valence-electron chi connectivity index (χ2n) is 6.22. The van der Waals surface area contributed by atoms with E-state index < -0.39 is 24.3 Å². The van der Waals surface area contributed by atoms with Crippen LogP contribution in [0.1, 0.15) is 22.8 Å². The SMILES string of the molecule is CCOc1c(Cl)cc(C(=O)OCC(=O)N(C)Cc2ccc(OC)c(F)c2)cc1OC. The topological polar surface area (TPSA) is 74.3 Å². The maximum Gasteiger partial charge on any atom is 0.338 e. The summed E-state index contributed by atoms with van der Waals surface area (Å²) in [6.07, 6.45) is 0. The first-order valence-electron chi connectivity index (χ1n) is 9.04. The average Bonchev–Trinajstić information content (AvgIpc) is 2.73. The lowest BCUT2D eigenvalue weighted by molar-refractivity contribution is -0.133. The zero-order valence-corrected chi connectivity index (χ0v) is 17.9. The molecule has 0 spiro atoms. The molecule has 0 heterocycles. The number of likely N-dealkylation sites (N-methyl/N-ethyl adjacent to an activating group) is 1. The van der Waals surface area contributed by atoms with Crippen molar-refractivity contribution in [3.8, 4) is 17.2 Å². The quantitative estimate of drug-likeness (QED) is 0.554. The van der Waals surface area contributed by atoms with Crippen molar-refractivity contribution >= 4 is 23.5 Å². The Hall–Kier alpha value is -3.00. The van der Waals surface area contributed by atoms with Crippen molar-refractivity contribution in [2.24, 2.45) is 0 Å². The van der Waals surface area contributed by atoms with Gasteiger partial charge in [0.05, 0.1) is 31.4 Å². The van der Waals surface area contributed by atoms with E-state index in [9.17, 15) is 14.0 Å². The van der Waals surface area contributed by atoms with Crippen molar-refractivity contribution in [3.05, 3.63) is 52.3 Å². The van der Waals surface area contributed by atoms with Crippen LogP contribution in [0.4, 0.5) is 4.39 Å². The molecule has 2 rings (SSSR count). The van der Waals surface area contributed by atoms with E-state index in [0.717, 1.165) is 0 Å². The lowest BCUT2D eigenvalue weighted by Gasteiger charge is -2.18. The summed E-state index contributed by atoms with van der Waals surface area (Å²) in [5, 5.41) is 0.188. The smallest absolute Gasteiger partial charge is 0.338 e. The molecular formula is C21H23ClFNO6. The molecule has 0 aliphatic rings. The van der Waals surface area contributed by atoms with Crippen LogP contribution in [0.3, 0.4) is 0 Å². The molecule has 0 aliphatic carbocycles.